The number of rotatable bonds is 1. The predicted octanol–water partition coefficient (Wildman–Crippen LogP) is 3.04. The summed E-state index contributed by atoms with van der Waals surface area (Å²) in [5.41, 5.74) is 0.485. The summed E-state index contributed by atoms with van der Waals surface area (Å²) in [6, 6.07) is 3.34. The summed E-state index contributed by atoms with van der Waals surface area (Å²) in [6.07, 6.45) is 0. The van der Waals surface area contributed by atoms with Gasteiger partial charge in [0.15, 0.2) is 0 Å². The smallest absolute Gasteiger partial charge is 0.399 e. The van der Waals surface area contributed by atoms with E-state index in [-0.39, 0.29) is 5.82 Å². The van der Waals surface area contributed by atoms with Gasteiger partial charge in [-0.1, -0.05) is 0 Å². The van der Waals surface area contributed by atoms with Crippen LogP contribution in [0.15, 0.2) is 12.1 Å². The molecule has 106 valence electrons. The van der Waals surface area contributed by atoms with Crippen LogP contribution in [-0.2, 0) is 9.31 Å². The second-order valence-corrected chi connectivity index (χ2v) is 7.38. The number of nitrogens with zero attached hydrogens (tertiary/aromatic N) is 1. The first kappa shape index (κ1) is 14.0. The molecule has 20 heavy (non-hydrogen) atoms. The van der Waals surface area contributed by atoms with Crippen LogP contribution in [-0.4, -0.2) is 23.3 Å². The second kappa shape index (κ2) is 4.26. The molecule has 0 aliphatic carbocycles. The Hall–Kier alpha value is -0.975. The van der Waals surface area contributed by atoms with Crippen molar-refractivity contribution in [1.29, 1.82) is 0 Å². The number of hydrogen-bond donors (Lipinski definition) is 0. The Morgan fingerprint density at radius 3 is 2.35 bits per heavy atom. The molecule has 0 atom stereocenters. The maximum atomic E-state index is 14.2. The first-order chi connectivity index (χ1) is 9.19. The molecular formula is C14H17BFNO2S. The quantitative estimate of drug-likeness (QED) is 0.757. The van der Waals surface area contributed by atoms with E-state index in [9.17, 15) is 4.39 Å². The summed E-state index contributed by atoms with van der Waals surface area (Å²) >= 11 is 1.36. The predicted molar refractivity (Wildman–Crippen MR) is 80.0 cm³/mol. The van der Waals surface area contributed by atoms with Gasteiger partial charge in [0, 0.05) is 0 Å². The van der Waals surface area contributed by atoms with Crippen molar-refractivity contribution in [3.8, 4) is 0 Å². The highest BCUT2D eigenvalue weighted by atomic mass is 32.1. The minimum atomic E-state index is -0.555. The summed E-state index contributed by atoms with van der Waals surface area (Å²) in [5.74, 6) is -0.266. The number of benzene rings is 1. The van der Waals surface area contributed by atoms with Crippen molar-refractivity contribution in [3.05, 3.63) is 23.0 Å². The van der Waals surface area contributed by atoms with Gasteiger partial charge in [-0.05, 0) is 52.2 Å². The fourth-order valence-corrected chi connectivity index (χ4v) is 3.04. The number of fused-ring (bicyclic) bond motifs is 1. The van der Waals surface area contributed by atoms with Crippen LogP contribution < -0.4 is 5.46 Å². The monoisotopic (exact) mass is 293 g/mol. The largest absolute Gasteiger partial charge is 0.495 e. The van der Waals surface area contributed by atoms with Gasteiger partial charge in [0.2, 0.25) is 0 Å². The lowest BCUT2D eigenvalue weighted by atomic mass is 9.79. The normalized spacial score (nSPS) is 20.8. The third-order valence-corrected chi connectivity index (χ3v) is 5.09. The lowest BCUT2D eigenvalue weighted by Crippen LogP contribution is -2.41. The molecule has 2 aromatic rings. The van der Waals surface area contributed by atoms with Crippen molar-refractivity contribution in [2.24, 2.45) is 0 Å². The molecule has 6 heteroatoms. The van der Waals surface area contributed by atoms with Crippen LogP contribution in [0.25, 0.3) is 10.2 Å². The number of hydrogen-bond acceptors (Lipinski definition) is 4. The summed E-state index contributed by atoms with van der Waals surface area (Å²) in [4.78, 5) is 4.35. The van der Waals surface area contributed by atoms with Gasteiger partial charge in [-0.15, -0.1) is 11.3 Å². The van der Waals surface area contributed by atoms with E-state index in [1.807, 2.05) is 40.7 Å². The van der Waals surface area contributed by atoms with E-state index in [0.717, 1.165) is 5.01 Å². The molecule has 0 N–H and O–H groups in total. The van der Waals surface area contributed by atoms with Crippen molar-refractivity contribution in [1.82, 2.24) is 4.98 Å². The van der Waals surface area contributed by atoms with Gasteiger partial charge in [-0.2, -0.15) is 0 Å². The Morgan fingerprint density at radius 2 is 1.75 bits per heavy atom. The molecule has 0 amide bonds. The SMILES string of the molecule is Cc1nc2cc(B3OC(C)(C)C(C)(C)O3)cc(F)c2s1. The third-order valence-electron chi connectivity index (χ3n) is 4.10. The molecule has 1 fully saturated rings. The average Bonchev–Trinajstić information content (AvgIpc) is 2.77. The van der Waals surface area contributed by atoms with Crippen molar-refractivity contribution in [2.75, 3.05) is 0 Å². The number of halogens is 1. The zero-order chi connectivity index (χ0) is 14.7. The van der Waals surface area contributed by atoms with Gasteiger partial charge in [0.25, 0.3) is 0 Å². The summed E-state index contributed by atoms with van der Waals surface area (Å²) in [5, 5.41) is 0.852. The fourth-order valence-electron chi connectivity index (χ4n) is 2.24. The van der Waals surface area contributed by atoms with Crippen LogP contribution >= 0.6 is 11.3 Å². The highest BCUT2D eigenvalue weighted by Gasteiger charge is 2.51. The van der Waals surface area contributed by atoms with Crippen LogP contribution in [0.2, 0.25) is 0 Å². The standard InChI is InChI=1S/C14H17BFNO2S/c1-8-17-11-7-9(6-10(16)12(11)20-8)15-18-13(2,3)14(4,5)19-15/h6-7H,1-5H3. The average molecular weight is 293 g/mol. The molecule has 1 aliphatic rings. The molecule has 0 spiro atoms. The minimum Gasteiger partial charge on any atom is -0.399 e. The molecule has 1 aliphatic heterocycles. The Kier molecular flexibility index (Phi) is 2.98. The lowest BCUT2D eigenvalue weighted by molar-refractivity contribution is 0.00578. The Labute approximate surface area is 122 Å². The van der Waals surface area contributed by atoms with Gasteiger partial charge >= 0.3 is 7.12 Å². The first-order valence-electron chi connectivity index (χ1n) is 6.62. The maximum absolute atomic E-state index is 14.2. The van der Waals surface area contributed by atoms with Gasteiger partial charge in [-0.3, -0.25) is 0 Å². The molecule has 1 aromatic heterocycles. The van der Waals surface area contributed by atoms with E-state index in [4.69, 9.17) is 9.31 Å². The van der Waals surface area contributed by atoms with Crippen LogP contribution in [0.1, 0.15) is 32.7 Å². The fraction of sp³-hybridized carbons (Fsp3) is 0.500. The van der Waals surface area contributed by atoms with Crippen molar-refractivity contribution in [2.45, 2.75) is 45.8 Å². The molecule has 0 radical (unpaired) electrons. The van der Waals surface area contributed by atoms with Crippen LogP contribution in [0.5, 0.6) is 0 Å². The van der Waals surface area contributed by atoms with Gasteiger partial charge in [-0.25, -0.2) is 9.37 Å². The van der Waals surface area contributed by atoms with Crippen molar-refractivity contribution >= 4 is 34.1 Å². The first-order valence-corrected chi connectivity index (χ1v) is 7.43. The van der Waals surface area contributed by atoms with E-state index in [1.165, 1.54) is 17.4 Å². The van der Waals surface area contributed by atoms with E-state index >= 15 is 0 Å². The molecule has 1 saturated heterocycles. The van der Waals surface area contributed by atoms with Gasteiger partial charge in [0.05, 0.1) is 26.4 Å². The van der Waals surface area contributed by atoms with Gasteiger partial charge < -0.3 is 9.31 Å². The van der Waals surface area contributed by atoms with Crippen LogP contribution in [0.3, 0.4) is 0 Å². The lowest BCUT2D eigenvalue weighted by Gasteiger charge is -2.32. The number of aryl methyl sites for hydroxylation is 1. The zero-order valence-corrected chi connectivity index (χ0v) is 13.1. The number of thiazole rings is 1. The second-order valence-electron chi connectivity index (χ2n) is 6.17. The summed E-state index contributed by atoms with van der Waals surface area (Å²) < 4.78 is 26.6. The van der Waals surface area contributed by atoms with Gasteiger partial charge in [0.1, 0.15) is 5.82 Å². The van der Waals surface area contributed by atoms with E-state index in [1.54, 1.807) is 0 Å². The molecule has 0 bridgehead atoms. The molecule has 0 saturated carbocycles. The van der Waals surface area contributed by atoms with Crippen molar-refractivity contribution in [3.63, 3.8) is 0 Å². The molecule has 0 unspecified atom stereocenters. The highest BCUT2D eigenvalue weighted by Crippen LogP contribution is 2.36. The van der Waals surface area contributed by atoms with E-state index in [0.29, 0.717) is 15.7 Å². The molecule has 1 aromatic carbocycles. The maximum Gasteiger partial charge on any atom is 0.495 e. The molecule has 3 rings (SSSR count). The van der Waals surface area contributed by atoms with Crippen LogP contribution in [0, 0.1) is 12.7 Å². The summed E-state index contributed by atoms with van der Waals surface area (Å²) in [7, 11) is -0.555. The van der Waals surface area contributed by atoms with Crippen LogP contribution in [0.4, 0.5) is 4.39 Å². The summed E-state index contributed by atoms with van der Waals surface area (Å²) in [6.45, 7) is 9.80. The van der Waals surface area contributed by atoms with E-state index in [2.05, 4.69) is 4.98 Å². The Morgan fingerprint density at radius 1 is 1.15 bits per heavy atom. The number of aromatic nitrogens is 1. The Balaban J connectivity index is 2.04. The highest BCUT2D eigenvalue weighted by molar-refractivity contribution is 7.18. The van der Waals surface area contributed by atoms with E-state index < -0.39 is 18.3 Å². The molecule has 2 heterocycles. The third kappa shape index (κ3) is 2.06. The van der Waals surface area contributed by atoms with Crippen molar-refractivity contribution < 1.29 is 13.7 Å². The Bertz CT molecular complexity index is 667. The molecule has 3 nitrogen and oxygen atoms in total. The minimum absolute atomic E-state index is 0.266. The topological polar surface area (TPSA) is 31.4 Å². The zero-order valence-electron chi connectivity index (χ0n) is 12.3. The molecular weight excluding hydrogens is 276 g/mol.